The number of halogens is 1. The van der Waals surface area contributed by atoms with Gasteiger partial charge in [0.25, 0.3) is 5.91 Å². The highest BCUT2D eigenvalue weighted by Gasteiger charge is 2.13. The first-order chi connectivity index (χ1) is 15.0. The van der Waals surface area contributed by atoms with Gasteiger partial charge in [-0.25, -0.2) is 4.99 Å². The van der Waals surface area contributed by atoms with E-state index in [1.807, 2.05) is 38.1 Å². The maximum atomic E-state index is 12.4. The van der Waals surface area contributed by atoms with Crippen molar-refractivity contribution in [1.29, 1.82) is 0 Å². The number of aliphatic imine (C=N–C) groups is 1. The molecule has 0 spiro atoms. The van der Waals surface area contributed by atoms with E-state index in [9.17, 15) is 4.79 Å². The lowest BCUT2D eigenvalue weighted by molar-refractivity contribution is 0.0258. The summed E-state index contributed by atoms with van der Waals surface area (Å²) in [5.74, 6) is 1.82. The van der Waals surface area contributed by atoms with Crippen LogP contribution in [0.1, 0.15) is 55.8 Å². The average Bonchev–Trinajstić information content (AvgIpc) is 3.29. The molecule has 178 valence electrons. The van der Waals surface area contributed by atoms with Gasteiger partial charge >= 0.3 is 0 Å². The average molecular weight is 556 g/mol. The molecule has 7 nitrogen and oxygen atoms in total. The first-order valence-corrected chi connectivity index (χ1v) is 11.1. The lowest BCUT2D eigenvalue weighted by Crippen LogP contribution is -2.39. The molecule has 0 aliphatic carbocycles. The van der Waals surface area contributed by atoms with E-state index in [1.165, 1.54) is 0 Å². The van der Waals surface area contributed by atoms with E-state index in [-0.39, 0.29) is 36.0 Å². The summed E-state index contributed by atoms with van der Waals surface area (Å²) in [6.07, 6.45) is 2.74. The second-order valence-electron chi connectivity index (χ2n) is 7.61. The number of amides is 1. The minimum atomic E-state index is -0.136. The number of ether oxygens (including phenoxy) is 1. The number of furan rings is 1. The number of carbonyl (C=O) groups excluding carboxylic acids is 1. The zero-order valence-electron chi connectivity index (χ0n) is 19.5. The number of nitrogens with zero attached hydrogens (tertiary/aromatic N) is 1. The summed E-state index contributed by atoms with van der Waals surface area (Å²) in [5.41, 5.74) is 1.57. The van der Waals surface area contributed by atoms with Crippen LogP contribution in [0.15, 0.2) is 52.1 Å². The topological polar surface area (TPSA) is 87.9 Å². The van der Waals surface area contributed by atoms with Crippen LogP contribution in [0.2, 0.25) is 0 Å². The largest absolute Gasteiger partial charge is 0.467 e. The normalized spacial score (nSPS) is 12.2. The van der Waals surface area contributed by atoms with Crippen LogP contribution in [-0.2, 0) is 17.8 Å². The predicted octanol–water partition coefficient (Wildman–Crippen LogP) is 4.33. The van der Waals surface area contributed by atoms with Crippen LogP contribution in [0.4, 0.5) is 0 Å². The van der Waals surface area contributed by atoms with Crippen molar-refractivity contribution in [1.82, 2.24) is 16.0 Å². The van der Waals surface area contributed by atoms with Gasteiger partial charge in [-0.15, -0.1) is 24.0 Å². The molecule has 8 heteroatoms. The molecule has 3 N–H and O–H groups in total. The molecule has 2 aromatic rings. The molecule has 1 heterocycles. The van der Waals surface area contributed by atoms with Crippen molar-refractivity contribution in [3.8, 4) is 0 Å². The quantitative estimate of drug-likeness (QED) is 0.206. The fourth-order valence-electron chi connectivity index (χ4n) is 3.16. The van der Waals surface area contributed by atoms with Crippen LogP contribution in [0.25, 0.3) is 0 Å². The Kier molecular flexibility index (Phi) is 13.7. The lowest BCUT2D eigenvalue weighted by atomic mass is 10.0. The number of benzene rings is 1. The summed E-state index contributed by atoms with van der Waals surface area (Å²) in [7, 11) is 0. The van der Waals surface area contributed by atoms with Crippen molar-refractivity contribution < 1.29 is 13.9 Å². The highest BCUT2D eigenvalue weighted by Crippen LogP contribution is 2.10. The monoisotopic (exact) mass is 556 g/mol. The van der Waals surface area contributed by atoms with Crippen molar-refractivity contribution in [3.05, 3.63) is 59.5 Å². The van der Waals surface area contributed by atoms with Crippen molar-refractivity contribution in [2.45, 2.75) is 53.3 Å². The van der Waals surface area contributed by atoms with E-state index < -0.39 is 0 Å². The summed E-state index contributed by atoms with van der Waals surface area (Å²) in [6.45, 7) is 11.6. The van der Waals surface area contributed by atoms with Crippen LogP contribution in [0, 0.1) is 5.92 Å². The van der Waals surface area contributed by atoms with Crippen LogP contribution in [-0.4, -0.2) is 37.7 Å². The van der Waals surface area contributed by atoms with Crippen molar-refractivity contribution in [2.75, 3.05) is 19.7 Å². The van der Waals surface area contributed by atoms with E-state index >= 15 is 0 Å². The first-order valence-electron chi connectivity index (χ1n) is 11.1. The van der Waals surface area contributed by atoms with Crippen LogP contribution in [0.3, 0.4) is 0 Å². The fraction of sp³-hybridized carbons (Fsp3) is 0.500. The second-order valence-corrected chi connectivity index (χ2v) is 7.61. The molecule has 32 heavy (non-hydrogen) atoms. The number of hydrogen-bond acceptors (Lipinski definition) is 4. The fourth-order valence-corrected chi connectivity index (χ4v) is 3.16. The van der Waals surface area contributed by atoms with Crippen molar-refractivity contribution >= 4 is 35.8 Å². The van der Waals surface area contributed by atoms with Crippen LogP contribution >= 0.6 is 24.0 Å². The zero-order chi connectivity index (χ0) is 22.5. The highest BCUT2D eigenvalue weighted by atomic mass is 127. The summed E-state index contributed by atoms with van der Waals surface area (Å²) in [5, 5.41) is 9.51. The number of guanidine groups is 1. The molecule has 0 saturated heterocycles. The van der Waals surface area contributed by atoms with Gasteiger partial charge < -0.3 is 25.1 Å². The Labute approximate surface area is 208 Å². The second kappa shape index (κ2) is 15.7. The molecule has 0 saturated carbocycles. The van der Waals surface area contributed by atoms with E-state index in [0.717, 1.165) is 43.4 Å². The van der Waals surface area contributed by atoms with Crippen molar-refractivity contribution in [2.24, 2.45) is 10.9 Å². The molecule has 1 atom stereocenters. The zero-order valence-corrected chi connectivity index (χ0v) is 21.8. The van der Waals surface area contributed by atoms with Gasteiger partial charge in [0.2, 0.25) is 0 Å². The standard InChI is InChI=1S/C24H36N4O3.HI/c1-5-25-24(26-13-12-22(18(3)4)30-6-2)28-16-19-9-7-10-20(15-19)23(29)27-17-21-11-8-14-31-21;/h7-11,14-15,18,22H,5-6,12-13,16-17H2,1-4H3,(H,27,29)(H2,25,26,28);1H. The summed E-state index contributed by atoms with van der Waals surface area (Å²) in [6, 6.07) is 11.2. The van der Waals surface area contributed by atoms with Gasteiger partial charge in [-0.05, 0) is 56.0 Å². The number of carbonyl (C=O) groups is 1. The summed E-state index contributed by atoms with van der Waals surface area (Å²) < 4.78 is 11.1. The number of rotatable bonds is 12. The molecule has 0 aliphatic rings. The van der Waals surface area contributed by atoms with Gasteiger partial charge in [-0.1, -0.05) is 26.0 Å². The van der Waals surface area contributed by atoms with Crippen LogP contribution in [0.5, 0.6) is 0 Å². The molecule has 2 rings (SSSR count). The van der Waals surface area contributed by atoms with Crippen molar-refractivity contribution in [3.63, 3.8) is 0 Å². The first kappa shape index (κ1) is 28.0. The Hall–Kier alpha value is -2.07. The summed E-state index contributed by atoms with van der Waals surface area (Å²) >= 11 is 0. The molecule has 0 aliphatic heterocycles. The Bertz CT molecular complexity index is 809. The highest BCUT2D eigenvalue weighted by molar-refractivity contribution is 14.0. The SMILES string of the molecule is CCNC(=NCc1cccc(C(=O)NCc2ccco2)c1)NCCC(OCC)C(C)C.I. The molecule has 1 aromatic carbocycles. The number of nitrogens with one attached hydrogen (secondary N) is 3. The van der Waals surface area contributed by atoms with Gasteiger partial charge in [-0.2, -0.15) is 0 Å². The molecule has 0 radical (unpaired) electrons. The third kappa shape index (κ3) is 10.0. The molecular formula is C24H37IN4O3. The Morgan fingerprint density at radius 2 is 1.94 bits per heavy atom. The van der Waals surface area contributed by atoms with E-state index in [2.05, 4.69) is 34.8 Å². The molecule has 0 bridgehead atoms. The van der Waals surface area contributed by atoms with E-state index in [0.29, 0.717) is 24.6 Å². The molecule has 1 aromatic heterocycles. The third-order valence-electron chi connectivity index (χ3n) is 4.80. The smallest absolute Gasteiger partial charge is 0.251 e. The lowest BCUT2D eigenvalue weighted by Gasteiger charge is -2.21. The van der Waals surface area contributed by atoms with Gasteiger partial charge in [-0.3, -0.25) is 4.79 Å². The maximum absolute atomic E-state index is 12.4. The third-order valence-corrected chi connectivity index (χ3v) is 4.80. The van der Waals surface area contributed by atoms with Gasteiger partial charge in [0.05, 0.1) is 25.5 Å². The van der Waals surface area contributed by atoms with Gasteiger partial charge in [0.1, 0.15) is 5.76 Å². The van der Waals surface area contributed by atoms with Gasteiger partial charge in [0, 0.05) is 25.3 Å². The molecule has 1 unspecified atom stereocenters. The molecule has 0 fully saturated rings. The van der Waals surface area contributed by atoms with E-state index in [1.54, 1.807) is 18.4 Å². The minimum Gasteiger partial charge on any atom is -0.467 e. The molecular weight excluding hydrogens is 519 g/mol. The maximum Gasteiger partial charge on any atom is 0.251 e. The number of hydrogen-bond donors (Lipinski definition) is 3. The Morgan fingerprint density at radius 1 is 1.12 bits per heavy atom. The molecule has 1 amide bonds. The van der Waals surface area contributed by atoms with E-state index in [4.69, 9.17) is 9.15 Å². The Balaban J connectivity index is 0.00000512. The predicted molar refractivity (Wildman–Crippen MR) is 139 cm³/mol. The summed E-state index contributed by atoms with van der Waals surface area (Å²) in [4.78, 5) is 17.1. The van der Waals surface area contributed by atoms with Crippen LogP contribution < -0.4 is 16.0 Å². The Morgan fingerprint density at radius 3 is 2.59 bits per heavy atom. The minimum absolute atomic E-state index is 0. The van der Waals surface area contributed by atoms with Gasteiger partial charge in [0.15, 0.2) is 5.96 Å².